The second-order valence-corrected chi connectivity index (χ2v) is 5.10. The Balaban J connectivity index is 1.89. The Morgan fingerprint density at radius 3 is 2.63 bits per heavy atom. The summed E-state index contributed by atoms with van der Waals surface area (Å²) < 4.78 is 19.3. The molecule has 0 aliphatic rings. The van der Waals surface area contributed by atoms with Crippen LogP contribution in [0.5, 0.6) is 5.75 Å². The van der Waals surface area contributed by atoms with Crippen molar-refractivity contribution in [2.24, 2.45) is 0 Å². The molecule has 100 valence electrons. The maximum absolute atomic E-state index is 13.0. The third-order valence-corrected chi connectivity index (χ3v) is 3.21. The molecular formula is C15H15BrFNO. The number of ether oxygens (including phenoxy) is 1. The van der Waals surface area contributed by atoms with E-state index in [1.54, 1.807) is 6.07 Å². The van der Waals surface area contributed by atoms with Crippen LogP contribution in [0.15, 0.2) is 53.0 Å². The average molecular weight is 324 g/mol. The maximum Gasteiger partial charge on any atom is 0.134 e. The van der Waals surface area contributed by atoms with Crippen LogP contribution in [0.4, 0.5) is 10.1 Å². The van der Waals surface area contributed by atoms with Crippen LogP contribution in [0.1, 0.15) is 6.92 Å². The van der Waals surface area contributed by atoms with Crippen LogP contribution in [0, 0.1) is 5.82 Å². The average Bonchev–Trinajstić information content (AvgIpc) is 2.41. The lowest BCUT2D eigenvalue weighted by molar-refractivity contribution is 0.233. The molecule has 0 heterocycles. The highest BCUT2D eigenvalue weighted by Crippen LogP contribution is 2.26. The van der Waals surface area contributed by atoms with Crippen molar-refractivity contribution in [3.8, 4) is 5.75 Å². The fourth-order valence-electron chi connectivity index (χ4n) is 1.65. The standard InChI is InChI=1S/C15H15BrFNO/c1-11(10-18-13-5-3-2-4-6-13)19-15-8-7-12(17)9-14(15)16/h2-9,11,18H,10H2,1H3. The number of rotatable bonds is 5. The van der Waals surface area contributed by atoms with E-state index >= 15 is 0 Å². The van der Waals surface area contributed by atoms with Crippen molar-refractivity contribution in [3.05, 3.63) is 58.8 Å². The van der Waals surface area contributed by atoms with Crippen LogP contribution >= 0.6 is 15.9 Å². The zero-order valence-corrected chi connectivity index (χ0v) is 12.2. The summed E-state index contributed by atoms with van der Waals surface area (Å²) in [7, 11) is 0. The van der Waals surface area contributed by atoms with Crippen molar-refractivity contribution in [1.82, 2.24) is 0 Å². The van der Waals surface area contributed by atoms with Crippen LogP contribution in [0.3, 0.4) is 0 Å². The van der Waals surface area contributed by atoms with Gasteiger partial charge in [-0.15, -0.1) is 0 Å². The monoisotopic (exact) mass is 323 g/mol. The van der Waals surface area contributed by atoms with Crippen molar-refractivity contribution >= 4 is 21.6 Å². The zero-order chi connectivity index (χ0) is 13.7. The van der Waals surface area contributed by atoms with Crippen LogP contribution in [-0.4, -0.2) is 12.6 Å². The quantitative estimate of drug-likeness (QED) is 0.876. The minimum Gasteiger partial charge on any atom is -0.488 e. The van der Waals surface area contributed by atoms with Gasteiger partial charge in [-0.1, -0.05) is 18.2 Å². The molecule has 19 heavy (non-hydrogen) atoms. The van der Waals surface area contributed by atoms with Gasteiger partial charge in [-0.25, -0.2) is 4.39 Å². The van der Waals surface area contributed by atoms with Crippen molar-refractivity contribution in [2.45, 2.75) is 13.0 Å². The summed E-state index contributed by atoms with van der Waals surface area (Å²) in [6.07, 6.45) is -0.0260. The van der Waals surface area contributed by atoms with Gasteiger partial charge in [-0.2, -0.15) is 0 Å². The van der Waals surface area contributed by atoms with E-state index in [0.717, 1.165) is 5.69 Å². The lowest BCUT2D eigenvalue weighted by Gasteiger charge is -2.17. The SMILES string of the molecule is CC(CNc1ccccc1)Oc1ccc(F)cc1Br. The van der Waals surface area contributed by atoms with Crippen LogP contribution in [0.2, 0.25) is 0 Å². The van der Waals surface area contributed by atoms with Gasteiger partial charge >= 0.3 is 0 Å². The Morgan fingerprint density at radius 1 is 1.21 bits per heavy atom. The van der Waals surface area contributed by atoms with E-state index in [-0.39, 0.29) is 11.9 Å². The minimum absolute atomic E-state index is 0.0260. The molecular weight excluding hydrogens is 309 g/mol. The number of halogens is 2. The molecule has 0 radical (unpaired) electrons. The van der Waals surface area contributed by atoms with Crippen molar-refractivity contribution < 1.29 is 9.13 Å². The zero-order valence-electron chi connectivity index (χ0n) is 10.6. The molecule has 0 aliphatic carbocycles. The van der Waals surface area contributed by atoms with E-state index in [1.165, 1.54) is 12.1 Å². The molecule has 1 unspecified atom stereocenters. The van der Waals surface area contributed by atoms with Gasteiger partial charge in [0.25, 0.3) is 0 Å². The number of hydrogen-bond donors (Lipinski definition) is 1. The van der Waals surface area contributed by atoms with Gasteiger partial charge in [0.05, 0.1) is 11.0 Å². The van der Waals surface area contributed by atoms with E-state index in [4.69, 9.17) is 4.74 Å². The summed E-state index contributed by atoms with van der Waals surface area (Å²) in [5, 5.41) is 3.28. The predicted octanol–water partition coefficient (Wildman–Crippen LogP) is 4.47. The molecule has 0 saturated heterocycles. The molecule has 2 rings (SSSR count). The van der Waals surface area contributed by atoms with E-state index < -0.39 is 0 Å². The molecule has 0 spiro atoms. The molecule has 0 amide bonds. The Morgan fingerprint density at radius 2 is 1.95 bits per heavy atom. The Hall–Kier alpha value is -1.55. The summed E-state index contributed by atoms with van der Waals surface area (Å²) in [6.45, 7) is 2.64. The highest BCUT2D eigenvalue weighted by molar-refractivity contribution is 9.10. The Bertz CT molecular complexity index is 533. The summed E-state index contributed by atoms with van der Waals surface area (Å²) >= 11 is 3.29. The second-order valence-electron chi connectivity index (χ2n) is 4.25. The largest absolute Gasteiger partial charge is 0.488 e. The van der Waals surface area contributed by atoms with Crippen molar-refractivity contribution in [1.29, 1.82) is 0 Å². The minimum atomic E-state index is -0.283. The smallest absolute Gasteiger partial charge is 0.134 e. The number of nitrogens with one attached hydrogen (secondary N) is 1. The number of anilines is 1. The summed E-state index contributed by atoms with van der Waals surface area (Å²) in [6, 6.07) is 14.3. The third kappa shape index (κ3) is 4.24. The molecule has 2 aromatic carbocycles. The molecule has 0 saturated carbocycles. The fourth-order valence-corrected chi connectivity index (χ4v) is 2.09. The third-order valence-electron chi connectivity index (χ3n) is 2.59. The molecule has 0 aliphatic heterocycles. The highest BCUT2D eigenvalue weighted by atomic mass is 79.9. The highest BCUT2D eigenvalue weighted by Gasteiger charge is 2.07. The van der Waals surface area contributed by atoms with Crippen molar-refractivity contribution in [2.75, 3.05) is 11.9 Å². The topological polar surface area (TPSA) is 21.3 Å². The van der Waals surface area contributed by atoms with Gasteiger partial charge in [-0.05, 0) is 53.2 Å². The molecule has 0 fully saturated rings. The van der Waals surface area contributed by atoms with Gasteiger partial charge in [0.2, 0.25) is 0 Å². The van der Waals surface area contributed by atoms with Gasteiger partial charge < -0.3 is 10.1 Å². The number of para-hydroxylation sites is 1. The number of benzene rings is 2. The summed E-state index contributed by atoms with van der Waals surface area (Å²) in [5.74, 6) is 0.359. The van der Waals surface area contributed by atoms with E-state index in [9.17, 15) is 4.39 Å². The predicted molar refractivity (Wildman–Crippen MR) is 79.1 cm³/mol. The maximum atomic E-state index is 13.0. The van der Waals surface area contributed by atoms with Gasteiger partial charge in [0.1, 0.15) is 17.7 Å². The molecule has 2 nitrogen and oxygen atoms in total. The first-order valence-electron chi connectivity index (χ1n) is 6.06. The Kier molecular flexibility index (Phi) is 4.80. The van der Waals surface area contributed by atoms with E-state index in [1.807, 2.05) is 37.3 Å². The van der Waals surface area contributed by atoms with Crippen LogP contribution in [-0.2, 0) is 0 Å². The van der Waals surface area contributed by atoms with Crippen molar-refractivity contribution in [3.63, 3.8) is 0 Å². The first-order chi connectivity index (χ1) is 9.15. The number of hydrogen-bond acceptors (Lipinski definition) is 2. The second kappa shape index (κ2) is 6.57. The molecule has 0 bridgehead atoms. The first-order valence-corrected chi connectivity index (χ1v) is 6.85. The fraction of sp³-hybridized carbons (Fsp3) is 0.200. The van der Waals surface area contributed by atoms with E-state index in [0.29, 0.717) is 16.8 Å². The lowest BCUT2D eigenvalue weighted by Crippen LogP contribution is -2.22. The van der Waals surface area contributed by atoms with Crippen LogP contribution < -0.4 is 10.1 Å². The summed E-state index contributed by atoms with van der Waals surface area (Å²) in [5.41, 5.74) is 1.05. The molecule has 1 atom stereocenters. The summed E-state index contributed by atoms with van der Waals surface area (Å²) in [4.78, 5) is 0. The lowest BCUT2D eigenvalue weighted by atomic mass is 10.3. The van der Waals surface area contributed by atoms with Gasteiger partial charge in [0.15, 0.2) is 0 Å². The normalized spacial score (nSPS) is 11.9. The Labute approximate surface area is 120 Å². The molecule has 2 aromatic rings. The van der Waals surface area contributed by atoms with E-state index in [2.05, 4.69) is 21.2 Å². The van der Waals surface area contributed by atoms with Crippen LogP contribution in [0.25, 0.3) is 0 Å². The molecule has 0 aromatic heterocycles. The van der Waals surface area contributed by atoms with Gasteiger partial charge in [0, 0.05) is 5.69 Å². The molecule has 1 N–H and O–H groups in total. The van der Waals surface area contributed by atoms with Gasteiger partial charge in [-0.3, -0.25) is 0 Å². The molecule has 4 heteroatoms. The first kappa shape index (κ1) is 13.9.